The molecule has 0 aliphatic rings. The van der Waals surface area contributed by atoms with E-state index in [2.05, 4.69) is 10.0 Å². The van der Waals surface area contributed by atoms with Crippen LogP contribution in [-0.2, 0) is 14.8 Å². The molecular formula is C18H21ClN2O4S. The van der Waals surface area contributed by atoms with E-state index in [1.54, 1.807) is 30.3 Å². The Balaban J connectivity index is 2.08. The van der Waals surface area contributed by atoms with Crippen molar-refractivity contribution >= 4 is 33.2 Å². The van der Waals surface area contributed by atoms with Gasteiger partial charge in [0.2, 0.25) is 15.9 Å². The summed E-state index contributed by atoms with van der Waals surface area (Å²) in [7, 11) is -3.84. The van der Waals surface area contributed by atoms with Gasteiger partial charge in [0.25, 0.3) is 0 Å². The number of aryl methyl sites for hydroxylation is 1. The number of rotatable bonds is 7. The minimum absolute atomic E-state index is 0.0551. The second-order valence-electron chi connectivity index (χ2n) is 5.70. The maximum atomic E-state index is 12.4. The molecule has 2 aromatic carbocycles. The molecule has 8 heteroatoms. The van der Waals surface area contributed by atoms with Crippen LogP contribution in [0.5, 0.6) is 5.75 Å². The first kappa shape index (κ1) is 20.2. The van der Waals surface area contributed by atoms with Crippen LogP contribution in [0.15, 0.2) is 47.4 Å². The lowest BCUT2D eigenvalue weighted by atomic mass is 10.2. The molecule has 2 aromatic rings. The van der Waals surface area contributed by atoms with Crippen molar-refractivity contribution in [1.29, 1.82) is 0 Å². The quantitative estimate of drug-likeness (QED) is 0.751. The van der Waals surface area contributed by atoms with Gasteiger partial charge in [-0.3, -0.25) is 4.79 Å². The molecule has 2 N–H and O–H groups in total. The normalized spacial score (nSPS) is 12.5. The van der Waals surface area contributed by atoms with Gasteiger partial charge in [-0.2, -0.15) is 4.72 Å². The van der Waals surface area contributed by atoms with Gasteiger partial charge in [0, 0.05) is 10.7 Å². The molecule has 0 unspecified atom stereocenters. The van der Waals surface area contributed by atoms with Crippen molar-refractivity contribution in [2.45, 2.75) is 31.7 Å². The molecule has 140 valence electrons. The first-order valence-corrected chi connectivity index (χ1v) is 9.91. The average molecular weight is 397 g/mol. The van der Waals surface area contributed by atoms with Gasteiger partial charge in [-0.05, 0) is 62.7 Å². The molecule has 0 fully saturated rings. The molecule has 0 bridgehead atoms. The van der Waals surface area contributed by atoms with E-state index in [4.69, 9.17) is 16.3 Å². The van der Waals surface area contributed by atoms with Crippen molar-refractivity contribution in [3.63, 3.8) is 0 Å². The second kappa shape index (κ2) is 8.53. The van der Waals surface area contributed by atoms with Crippen molar-refractivity contribution in [3.05, 3.63) is 53.1 Å². The lowest BCUT2D eigenvalue weighted by Crippen LogP contribution is -2.41. The average Bonchev–Trinajstić information content (AvgIpc) is 2.58. The number of hydrogen-bond acceptors (Lipinski definition) is 4. The van der Waals surface area contributed by atoms with Gasteiger partial charge in [0.05, 0.1) is 17.5 Å². The number of nitrogens with one attached hydrogen (secondary N) is 2. The zero-order valence-electron chi connectivity index (χ0n) is 14.7. The number of ether oxygens (including phenoxy) is 1. The third kappa shape index (κ3) is 5.20. The van der Waals surface area contributed by atoms with Crippen LogP contribution in [0.1, 0.15) is 19.4 Å². The minimum atomic E-state index is -3.84. The fourth-order valence-corrected chi connectivity index (χ4v) is 3.58. The van der Waals surface area contributed by atoms with Crippen LogP contribution in [0.25, 0.3) is 0 Å². The highest BCUT2D eigenvalue weighted by atomic mass is 35.5. The topological polar surface area (TPSA) is 84.5 Å². The number of hydrogen-bond donors (Lipinski definition) is 2. The summed E-state index contributed by atoms with van der Waals surface area (Å²) in [4.78, 5) is 12.4. The molecule has 1 amide bonds. The zero-order valence-corrected chi connectivity index (χ0v) is 16.3. The summed E-state index contributed by atoms with van der Waals surface area (Å²) in [5.41, 5.74) is 1.36. The Hall–Kier alpha value is -2.09. The monoisotopic (exact) mass is 396 g/mol. The van der Waals surface area contributed by atoms with Crippen molar-refractivity contribution in [1.82, 2.24) is 4.72 Å². The number of carbonyl (C=O) groups excluding carboxylic acids is 1. The van der Waals surface area contributed by atoms with E-state index >= 15 is 0 Å². The van der Waals surface area contributed by atoms with Crippen LogP contribution < -0.4 is 14.8 Å². The summed E-state index contributed by atoms with van der Waals surface area (Å²) in [6.45, 7) is 5.63. The second-order valence-corrected chi connectivity index (χ2v) is 7.85. The molecule has 0 saturated heterocycles. The van der Waals surface area contributed by atoms with Gasteiger partial charge in [0.1, 0.15) is 5.75 Å². The van der Waals surface area contributed by atoms with E-state index in [-0.39, 0.29) is 4.90 Å². The molecule has 6 nitrogen and oxygen atoms in total. The van der Waals surface area contributed by atoms with Gasteiger partial charge in [-0.15, -0.1) is 0 Å². The molecule has 0 spiro atoms. The first-order chi connectivity index (χ1) is 12.2. The van der Waals surface area contributed by atoms with Gasteiger partial charge >= 0.3 is 0 Å². The molecular weight excluding hydrogens is 376 g/mol. The highest BCUT2D eigenvalue weighted by Crippen LogP contribution is 2.21. The molecule has 0 heterocycles. The van der Waals surface area contributed by atoms with E-state index in [1.807, 2.05) is 13.8 Å². The van der Waals surface area contributed by atoms with Crippen molar-refractivity contribution in [2.75, 3.05) is 11.9 Å². The molecule has 0 saturated carbocycles. The smallest absolute Gasteiger partial charge is 0.242 e. The Morgan fingerprint density at radius 3 is 2.46 bits per heavy atom. The van der Waals surface area contributed by atoms with Crippen LogP contribution in [0.4, 0.5) is 5.69 Å². The SMILES string of the molecule is CCOc1ccc(S(=O)(=O)N[C@H](C)C(=O)Nc2cc(Cl)ccc2C)cc1. The fourth-order valence-electron chi connectivity index (χ4n) is 2.21. The minimum Gasteiger partial charge on any atom is -0.494 e. The van der Waals surface area contributed by atoms with Gasteiger partial charge < -0.3 is 10.1 Å². The number of sulfonamides is 1. The van der Waals surface area contributed by atoms with Gasteiger partial charge in [-0.1, -0.05) is 17.7 Å². The third-order valence-corrected chi connectivity index (χ3v) is 5.42. The predicted molar refractivity (Wildman–Crippen MR) is 102 cm³/mol. The number of amides is 1. The van der Waals surface area contributed by atoms with Crippen LogP contribution in [0.2, 0.25) is 5.02 Å². The van der Waals surface area contributed by atoms with E-state index in [9.17, 15) is 13.2 Å². The summed E-state index contributed by atoms with van der Waals surface area (Å²) in [6.07, 6.45) is 0. The largest absolute Gasteiger partial charge is 0.494 e. The molecule has 0 aliphatic heterocycles. The van der Waals surface area contributed by atoms with Crippen molar-refractivity contribution in [2.24, 2.45) is 0 Å². The standard InChI is InChI=1S/C18H21ClN2O4S/c1-4-25-15-7-9-16(10-8-15)26(23,24)21-13(3)18(22)20-17-11-14(19)6-5-12(17)2/h5-11,13,21H,4H2,1-3H3,(H,20,22)/t13-/m1/s1. The van der Waals surface area contributed by atoms with Crippen LogP contribution in [0.3, 0.4) is 0 Å². The fraction of sp³-hybridized carbons (Fsp3) is 0.278. The molecule has 0 radical (unpaired) electrons. The third-order valence-electron chi connectivity index (χ3n) is 3.63. The maximum absolute atomic E-state index is 12.4. The van der Waals surface area contributed by atoms with Crippen LogP contribution in [0, 0.1) is 6.92 Å². The Morgan fingerprint density at radius 2 is 1.85 bits per heavy atom. The summed E-state index contributed by atoms with van der Waals surface area (Å²) in [5.74, 6) is 0.0959. The number of halogens is 1. The van der Waals surface area contributed by atoms with E-state index in [1.165, 1.54) is 19.1 Å². The summed E-state index contributed by atoms with van der Waals surface area (Å²) >= 11 is 5.93. The maximum Gasteiger partial charge on any atom is 0.242 e. The Kier molecular flexibility index (Phi) is 6.63. The molecule has 26 heavy (non-hydrogen) atoms. The van der Waals surface area contributed by atoms with E-state index in [0.29, 0.717) is 23.1 Å². The lowest BCUT2D eigenvalue weighted by molar-refractivity contribution is -0.117. The first-order valence-electron chi connectivity index (χ1n) is 8.05. The highest BCUT2D eigenvalue weighted by molar-refractivity contribution is 7.89. The summed E-state index contributed by atoms with van der Waals surface area (Å²) < 4.78 is 32.5. The molecule has 0 aromatic heterocycles. The van der Waals surface area contributed by atoms with E-state index < -0.39 is 22.0 Å². The van der Waals surface area contributed by atoms with Gasteiger partial charge in [-0.25, -0.2) is 8.42 Å². The van der Waals surface area contributed by atoms with Crippen LogP contribution >= 0.6 is 11.6 Å². The van der Waals surface area contributed by atoms with Gasteiger partial charge in [0.15, 0.2) is 0 Å². The van der Waals surface area contributed by atoms with Crippen LogP contribution in [-0.4, -0.2) is 27.0 Å². The number of anilines is 1. The van der Waals surface area contributed by atoms with E-state index in [0.717, 1.165) is 5.56 Å². The number of benzene rings is 2. The highest BCUT2D eigenvalue weighted by Gasteiger charge is 2.22. The Labute approximate surface area is 158 Å². The Bertz CT molecular complexity index is 883. The molecule has 1 atom stereocenters. The predicted octanol–water partition coefficient (Wildman–Crippen LogP) is 3.35. The zero-order chi connectivity index (χ0) is 19.3. The summed E-state index contributed by atoms with van der Waals surface area (Å²) in [5, 5.41) is 3.16. The van der Waals surface area contributed by atoms with Crippen molar-refractivity contribution in [3.8, 4) is 5.75 Å². The lowest BCUT2D eigenvalue weighted by Gasteiger charge is -2.16. The van der Waals surface area contributed by atoms with Crippen molar-refractivity contribution < 1.29 is 17.9 Å². The number of carbonyl (C=O) groups is 1. The molecule has 0 aliphatic carbocycles. The Morgan fingerprint density at radius 1 is 1.19 bits per heavy atom. The molecule has 2 rings (SSSR count). The summed E-state index contributed by atoms with van der Waals surface area (Å²) in [6, 6.07) is 10.1.